The Hall–Kier alpha value is -1.10. The van der Waals surface area contributed by atoms with Crippen LogP contribution in [0.4, 0.5) is 0 Å². The molecular weight excluding hydrogens is 450 g/mol. The molecule has 0 heterocycles. The van der Waals surface area contributed by atoms with Gasteiger partial charge in [0, 0.05) is 19.3 Å². The van der Waals surface area contributed by atoms with Gasteiger partial charge in [0.15, 0.2) is 0 Å². The maximum atomic E-state index is 12.5. The van der Waals surface area contributed by atoms with Crippen LogP contribution in [0.2, 0.25) is 0 Å². The van der Waals surface area contributed by atoms with Crippen molar-refractivity contribution in [1.29, 1.82) is 0 Å². The second kappa shape index (κ2) is 10.2. The van der Waals surface area contributed by atoms with Crippen LogP contribution in [0, 0.1) is 46.3 Å². The van der Waals surface area contributed by atoms with Crippen LogP contribution < -0.4 is 5.32 Å². The van der Waals surface area contributed by atoms with E-state index in [4.69, 9.17) is 4.74 Å². The molecule has 2 N–H and O–H groups in total. The Morgan fingerprint density at radius 1 is 1.00 bits per heavy atom. The molecule has 0 saturated heterocycles. The highest BCUT2D eigenvalue weighted by Crippen LogP contribution is 2.69. The number of fused-ring (bicyclic) bond motifs is 5. The zero-order chi connectivity index (χ0) is 26.5. The SMILES string of the molecule is CC(=O)N[C@@H]1CCC[C@]2(C)[C@@H]3CC[C@@]4(C)[C@H](CC[C@@H]4[C@H](C)CCCC(C)C)[C@@H]3C[C@@H](OC(C)=O)[C@]12O. The highest BCUT2D eigenvalue weighted by molar-refractivity contribution is 5.73. The maximum Gasteiger partial charge on any atom is 0.303 e. The molecule has 1 amide bonds. The molecule has 5 heteroatoms. The van der Waals surface area contributed by atoms with Crippen LogP contribution in [-0.4, -0.2) is 34.7 Å². The van der Waals surface area contributed by atoms with Crippen LogP contribution in [0.25, 0.3) is 0 Å². The smallest absolute Gasteiger partial charge is 0.303 e. The van der Waals surface area contributed by atoms with Crippen LogP contribution in [0.15, 0.2) is 0 Å². The van der Waals surface area contributed by atoms with Crippen LogP contribution in [-0.2, 0) is 14.3 Å². The number of carbonyl (C=O) groups is 2. The second-order valence-electron chi connectivity index (χ2n) is 14.1. The molecule has 206 valence electrons. The average molecular weight is 504 g/mol. The van der Waals surface area contributed by atoms with Gasteiger partial charge in [-0.05, 0) is 85.9 Å². The first-order chi connectivity index (χ1) is 16.8. The van der Waals surface area contributed by atoms with Crippen molar-refractivity contribution in [2.24, 2.45) is 46.3 Å². The Labute approximate surface area is 219 Å². The topological polar surface area (TPSA) is 75.6 Å². The first-order valence-corrected chi connectivity index (χ1v) is 15.0. The molecule has 5 nitrogen and oxygen atoms in total. The number of amides is 1. The molecule has 4 aliphatic rings. The van der Waals surface area contributed by atoms with E-state index in [1.165, 1.54) is 52.4 Å². The van der Waals surface area contributed by atoms with Crippen LogP contribution in [0.5, 0.6) is 0 Å². The fraction of sp³-hybridized carbons (Fsp3) is 0.935. The minimum Gasteiger partial charge on any atom is -0.459 e. The molecule has 0 aliphatic heterocycles. The van der Waals surface area contributed by atoms with E-state index in [2.05, 4.69) is 39.9 Å². The Balaban J connectivity index is 1.63. The highest BCUT2D eigenvalue weighted by Gasteiger charge is 2.70. The summed E-state index contributed by atoms with van der Waals surface area (Å²) in [4.78, 5) is 24.4. The first-order valence-electron chi connectivity index (χ1n) is 15.0. The molecule has 4 rings (SSSR count). The van der Waals surface area contributed by atoms with Gasteiger partial charge in [-0.3, -0.25) is 9.59 Å². The van der Waals surface area contributed by atoms with Gasteiger partial charge in [0.05, 0.1) is 6.04 Å². The van der Waals surface area contributed by atoms with Crippen LogP contribution in [0.1, 0.15) is 119 Å². The molecule has 0 spiro atoms. The molecule has 4 aliphatic carbocycles. The quantitative estimate of drug-likeness (QED) is 0.402. The van der Waals surface area contributed by atoms with Crippen molar-refractivity contribution in [1.82, 2.24) is 5.32 Å². The van der Waals surface area contributed by atoms with Crippen molar-refractivity contribution in [2.75, 3.05) is 0 Å². The minimum atomic E-state index is -1.22. The average Bonchev–Trinajstić information content (AvgIpc) is 3.12. The van der Waals surface area contributed by atoms with Gasteiger partial charge < -0.3 is 15.2 Å². The summed E-state index contributed by atoms with van der Waals surface area (Å²) in [6.07, 6.45) is 11.7. The summed E-state index contributed by atoms with van der Waals surface area (Å²) in [5.74, 6) is 3.31. The van der Waals surface area contributed by atoms with Crippen LogP contribution >= 0.6 is 0 Å². The zero-order valence-corrected chi connectivity index (χ0v) is 24.1. The highest BCUT2D eigenvalue weighted by atomic mass is 16.6. The summed E-state index contributed by atoms with van der Waals surface area (Å²) in [7, 11) is 0. The number of aliphatic hydroxyl groups is 1. The maximum absolute atomic E-state index is 12.5. The number of ether oxygens (including phenoxy) is 1. The number of hydrogen-bond donors (Lipinski definition) is 2. The van der Waals surface area contributed by atoms with E-state index in [-0.39, 0.29) is 23.3 Å². The van der Waals surface area contributed by atoms with Crippen LogP contribution in [0.3, 0.4) is 0 Å². The summed E-state index contributed by atoms with van der Waals surface area (Å²) in [6, 6.07) is -0.371. The minimum absolute atomic E-state index is 0.123. The second-order valence-corrected chi connectivity index (χ2v) is 14.1. The molecule has 0 radical (unpaired) electrons. The summed E-state index contributed by atoms with van der Waals surface area (Å²) >= 11 is 0. The molecule has 0 aromatic heterocycles. The normalized spacial score (nSPS) is 44.8. The molecule has 0 aromatic carbocycles. The van der Waals surface area contributed by atoms with Gasteiger partial charge in [-0.25, -0.2) is 0 Å². The van der Waals surface area contributed by atoms with Crippen molar-refractivity contribution in [3.05, 3.63) is 0 Å². The molecule has 4 saturated carbocycles. The number of esters is 1. The molecule has 4 fully saturated rings. The summed E-state index contributed by atoms with van der Waals surface area (Å²) in [5.41, 5.74) is -1.26. The Morgan fingerprint density at radius 3 is 2.36 bits per heavy atom. The number of nitrogens with one attached hydrogen (secondary N) is 1. The first kappa shape index (κ1) is 27.9. The Morgan fingerprint density at radius 2 is 1.72 bits per heavy atom. The van der Waals surface area contributed by atoms with E-state index in [9.17, 15) is 14.7 Å². The van der Waals surface area contributed by atoms with Gasteiger partial charge in [0.1, 0.15) is 11.7 Å². The third-order valence-corrected chi connectivity index (χ3v) is 11.8. The largest absolute Gasteiger partial charge is 0.459 e. The van der Waals surface area contributed by atoms with Gasteiger partial charge in [-0.15, -0.1) is 0 Å². The van der Waals surface area contributed by atoms with Gasteiger partial charge in [-0.1, -0.05) is 60.3 Å². The molecule has 0 unspecified atom stereocenters. The van der Waals surface area contributed by atoms with E-state index < -0.39 is 11.7 Å². The van der Waals surface area contributed by atoms with Crippen molar-refractivity contribution in [3.8, 4) is 0 Å². The number of carbonyl (C=O) groups excluding carboxylic acids is 2. The van der Waals surface area contributed by atoms with Crippen molar-refractivity contribution >= 4 is 11.9 Å². The van der Waals surface area contributed by atoms with Gasteiger partial charge in [0.25, 0.3) is 0 Å². The van der Waals surface area contributed by atoms with Crippen molar-refractivity contribution in [3.63, 3.8) is 0 Å². The van der Waals surface area contributed by atoms with Crippen molar-refractivity contribution in [2.45, 2.75) is 137 Å². The lowest BCUT2D eigenvalue weighted by atomic mass is 9.41. The van der Waals surface area contributed by atoms with Gasteiger partial charge in [0.2, 0.25) is 5.91 Å². The third kappa shape index (κ3) is 4.54. The Kier molecular flexibility index (Phi) is 7.93. The Bertz CT molecular complexity index is 827. The van der Waals surface area contributed by atoms with Gasteiger partial charge in [-0.2, -0.15) is 0 Å². The zero-order valence-electron chi connectivity index (χ0n) is 24.1. The monoisotopic (exact) mass is 503 g/mol. The summed E-state index contributed by atoms with van der Waals surface area (Å²) < 4.78 is 5.98. The van der Waals surface area contributed by atoms with Gasteiger partial charge >= 0.3 is 5.97 Å². The molecule has 36 heavy (non-hydrogen) atoms. The lowest BCUT2D eigenvalue weighted by Gasteiger charge is -2.66. The molecular formula is C31H53NO4. The summed E-state index contributed by atoms with van der Waals surface area (Å²) in [6.45, 7) is 14.9. The van der Waals surface area contributed by atoms with E-state index in [1.807, 2.05) is 0 Å². The van der Waals surface area contributed by atoms with Crippen molar-refractivity contribution < 1.29 is 19.4 Å². The number of hydrogen-bond acceptors (Lipinski definition) is 4. The fourth-order valence-corrected chi connectivity index (χ4v) is 10.2. The predicted octanol–water partition coefficient (Wildman–Crippen LogP) is 6.27. The third-order valence-electron chi connectivity index (χ3n) is 11.8. The van der Waals surface area contributed by atoms with E-state index >= 15 is 0 Å². The summed E-state index contributed by atoms with van der Waals surface area (Å²) in [5, 5.41) is 15.6. The molecule has 0 bridgehead atoms. The molecule has 10 atom stereocenters. The van der Waals surface area contributed by atoms with E-state index in [0.29, 0.717) is 23.2 Å². The molecule has 0 aromatic rings. The fourth-order valence-electron chi connectivity index (χ4n) is 10.2. The van der Waals surface area contributed by atoms with E-state index in [1.54, 1.807) is 0 Å². The lowest BCUT2D eigenvalue weighted by molar-refractivity contribution is -0.268. The van der Waals surface area contributed by atoms with E-state index in [0.717, 1.165) is 49.9 Å². The lowest BCUT2D eigenvalue weighted by Crippen LogP contribution is -2.75. The predicted molar refractivity (Wildman–Crippen MR) is 143 cm³/mol. The standard InChI is InChI=1S/C31H53NO4/c1-19(2)10-8-11-20(3)24-13-14-25-23-18-28(36-22(5)34)31(35)27(32-21(4)33)12-9-16-30(31,7)26(23)15-17-29(24,25)6/h19-20,23-28,35H,8-18H2,1-7H3,(H,32,33)/t20-,23+,24-,25-,26-,27-,28-,29-,30-,31-/m1/s1. The number of rotatable bonds is 7.